The quantitative estimate of drug-likeness (QED) is 0.207. The lowest BCUT2D eigenvalue weighted by Gasteiger charge is -2.13. The molecule has 0 aliphatic heterocycles. The van der Waals surface area contributed by atoms with E-state index in [1.165, 1.54) is 13.2 Å². The van der Waals surface area contributed by atoms with E-state index in [0.717, 1.165) is 5.56 Å². The van der Waals surface area contributed by atoms with Crippen molar-refractivity contribution in [2.24, 2.45) is 0 Å². The van der Waals surface area contributed by atoms with E-state index in [1.54, 1.807) is 24.3 Å². The Bertz CT molecular complexity index is 959. The third-order valence-corrected chi connectivity index (χ3v) is 4.27. The van der Waals surface area contributed by atoms with Gasteiger partial charge < -0.3 is 19.5 Å². The zero-order valence-electron chi connectivity index (χ0n) is 17.9. The lowest BCUT2D eigenvalue weighted by atomic mass is 10.0. The molecule has 0 heterocycles. The molecule has 0 atom stereocenters. The summed E-state index contributed by atoms with van der Waals surface area (Å²) in [6, 6.07) is 15.9. The van der Waals surface area contributed by atoms with Crippen molar-refractivity contribution in [3.8, 4) is 17.6 Å². The predicted octanol–water partition coefficient (Wildman–Crippen LogP) is 3.46. The Morgan fingerprint density at radius 2 is 1.84 bits per heavy atom. The minimum atomic E-state index is -0.530. The van der Waals surface area contributed by atoms with E-state index < -0.39 is 11.9 Å². The summed E-state index contributed by atoms with van der Waals surface area (Å²) in [6.07, 6.45) is 1.46. The number of carbonyl (C=O) groups excluding carboxylic acids is 2. The fraction of sp³-hybridized carbons (Fsp3) is 0.292. The zero-order valence-corrected chi connectivity index (χ0v) is 17.9. The minimum absolute atomic E-state index is 0.0296. The predicted molar refractivity (Wildman–Crippen MR) is 117 cm³/mol. The first-order chi connectivity index (χ1) is 14.9. The fourth-order valence-corrected chi connectivity index (χ4v) is 2.70. The topological polar surface area (TPSA) is 97.6 Å². The van der Waals surface area contributed by atoms with Gasteiger partial charge in [-0.2, -0.15) is 5.26 Å². The van der Waals surface area contributed by atoms with E-state index in [-0.39, 0.29) is 18.1 Å². The van der Waals surface area contributed by atoms with Gasteiger partial charge in [0.15, 0.2) is 6.61 Å². The number of nitrogens with one attached hydrogen (secondary N) is 1. The van der Waals surface area contributed by atoms with Crippen LogP contribution in [0.25, 0.3) is 6.08 Å². The molecule has 0 aromatic heterocycles. The van der Waals surface area contributed by atoms with Crippen molar-refractivity contribution >= 4 is 18.0 Å². The van der Waals surface area contributed by atoms with Gasteiger partial charge >= 0.3 is 5.97 Å². The molecule has 0 aliphatic rings. The van der Waals surface area contributed by atoms with E-state index >= 15 is 0 Å². The van der Waals surface area contributed by atoms with Crippen molar-refractivity contribution in [1.29, 1.82) is 5.26 Å². The first kappa shape index (κ1) is 23.6. The van der Waals surface area contributed by atoms with Crippen molar-refractivity contribution in [2.45, 2.75) is 19.8 Å². The van der Waals surface area contributed by atoms with Gasteiger partial charge in [0.05, 0.1) is 6.61 Å². The summed E-state index contributed by atoms with van der Waals surface area (Å²) in [6.45, 7) is 4.56. The lowest BCUT2D eigenvalue weighted by Crippen LogP contribution is -2.27. The monoisotopic (exact) mass is 422 g/mol. The highest BCUT2D eigenvalue weighted by atomic mass is 16.6. The molecule has 31 heavy (non-hydrogen) atoms. The average Bonchev–Trinajstić information content (AvgIpc) is 2.77. The van der Waals surface area contributed by atoms with Crippen LogP contribution in [0.15, 0.2) is 54.1 Å². The Morgan fingerprint density at radius 3 is 2.48 bits per heavy atom. The molecule has 0 aliphatic carbocycles. The summed E-state index contributed by atoms with van der Waals surface area (Å²) in [5.41, 5.74) is 1.62. The molecule has 0 fully saturated rings. The van der Waals surface area contributed by atoms with Crippen LogP contribution in [0.2, 0.25) is 0 Å². The molecule has 7 nitrogen and oxygen atoms in total. The summed E-state index contributed by atoms with van der Waals surface area (Å²) in [5, 5.41) is 11.8. The number of nitrogens with zero attached hydrogens (tertiary/aromatic N) is 1. The number of methoxy groups -OCH3 is 1. The van der Waals surface area contributed by atoms with Crippen molar-refractivity contribution in [1.82, 2.24) is 5.32 Å². The second-order valence-corrected chi connectivity index (χ2v) is 6.94. The number of benzene rings is 2. The second-order valence-electron chi connectivity index (χ2n) is 6.94. The van der Waals surface area contributed by atoms with Crippen LogP contribution in [0, 0.1) is 11.3 Å². The molecular formula is C24H26N2O5. The molecule has 162 valence electrons. The molecule has 0 radical (unpaired) electrons. The van der Waals surface area contributed by atoms with Crippen molar-refractivity contribution in [3.63, 3.8) is 0 Å². The maximum absolute atomic E-state index is 12.1. The first-order valence-electron chi connectivity index (χ1n) is 9.86. The van der Waals surface area contributed by atoms with Gasteiger partial charge in [0.1, 0.15) is 23.1 Å². The normalized spacial score (nSPS) is 11.0. The van der Waals surface area contributed by atoms with Crippen molar-refractivity contribution in [3.05, 3.63) is 65.2 Å². The average molecular weight is 422 g/mol. The Labute approximate surface area is 182 Å². The van der Waals surface area contributed by atoms with Crippen LogP contribution in [0.5, 0.6) is 11.5 Å². The van der Waals surface area contributed by atoms with Gasteiger partial charge in [0.2, 0.25) is 0 Å². The summed E-state index contributed by atoms with van der Waals surface area (Å²) in [5.74, 6) is 0.257. The third-order valence-electron chi connectivity index (χ3n) is 4.27. The van der Waals surface area contributed by atoms with Gasteiger partial charge in [-0.15, -0.1) is 0 Å². The van der Waals surface area contributed by atoms with Gasteiger partial charge in [-0.05, 0) is 41.3 Å². The molecule has 2 rings (SSSR count). The third kappa shape index (κ3) is 7.61. The Hall–Kier alpha value is -3.63. The molecule has 2 aromatic carbocycles. The first-order valence-corrected chi connectivity index (χ1v) is 9.86. The van der Waals surface area contributed by atoms with Crippen LogP contribution >= 0.6 is 0 Å². The van der Waals surface area contributed by atoms with Gasteiger partial charge in [0, 0.05) is 13.7 Å². The van der Waals surface area contributed by atoms with E-state index in [4.69, 9.17) is 14.2 Å². The molecule has 2 aromatic rings. The molecule has 7 heteroatoms. The number of amides is 1. The van der Waals surface area contributed by atoms with E-state index in [1.807, 2.05) is 30.3 Å². The standard InChI is InChI=1S/C24H26N2O5/c1-17(2)21-6-4-5-7-22(21)30-16-23(27)31-20-10-8-18(9-11-20)14-19(15-25)24(28)26-12-13-29-3/h4-11,14,17H,12-13,16H2,1-3H3,(H,26,28)/b19-14+. The van der Waals surface area contributed by atoms with Crippen LogP contribution in [0.1, 0.15) is 30.9 Å². The molecule has 0 spiro atoms. The number of carbonyl (C=O) groups is 2. The molecule has 0 unspecified atom stereocenters. The lowest BCUT2D eigenvalue weighted by molar-refractivity contribution is -0.136. The SMILES string of the molecule is COCCNC(=O)/C(C#N)=C/c1ccc(OC(=O)COc2ccccc2C(C)C)cc1. The Morgan fingerprint density at radius 1 is 1.13 bits per heavy atom. The van der Waals surface area contributed by atoms with E-state index in [2.05, 4.69) is 19.2 Å². The van der Waals surface area contributed by atoms with Gasteiger partial charge in [-0.1, -0.05) is 44.2 Å². The highest BCUT2D eigenvalue weighted by molar-refractivity contribution is 6.01. The summed E-state index contributed by atoms with van der Waals surface area (Å²) in [4.78, 5) is 24.1. The number of rotatable bonds is 10. The van der Waals surface area contributed by atoms with Crippen molar-refractivity contribution in [2.75, 3.05) is 26.9 Å². The van der Waals surface area contributed by atoms with Crippen LogP contribution < -0.4 is 14.8 Å². The largest absolute Gasteiger partial charge is 0.482 e. The number of ether oxygens (including phenoxy) is 3. The Balaban J connectivity index is 1.94. The number of para-hydroxylation sites is 1. The molecule has 0 saturated heterocycles. The second kappa shape index (κ2) is 12.2. The zero-order chi connectivity index (χ0) is 22.6. The molecule has 1 N–H and O–H groups in total. The van der Waals surface area contributed by atoms with E-state index in [0.29, 0.717) is 30.2 Å². The molecular weight excluding hydrogens is 396 g/mol. The Kier molecular flexibility index (Phi) is 9.27. The van der Waals surface area contributed by atoms with E-state index in [9.17, 15) is 14.9 Å². The minimum Gasteiger partial charge on any atom is -0.482 e. The number of hydrogen-bond donors (Lipinski definition) is 1. The smallest absolute Gasteiger partial charge is 0.349 e. The van der Waals surface area contributed by atoms with Crippen molar-refractivity contribution < 1.29 is 23.8 Å². The number of hydrogen-bond acceptors (Lipinski definition) is 6. The highest BCUT2D eigenvalue weighted by Crippen LogP contribution is 2.25. The molecule has 1 amide bonds. The number of nitriles is 1. The molecule has 0 saturated carbocycles. The summed E-state index contributed by atoms with van der Waals surface area (Å²) in [7, 11) is 1.53. The fourth-order valence-electron chi connectivity index (χ4n) is 2.70. The summed E-state index contributed by atoms with van der Waals surface area (Å²) < 4.78 is 15.8. The maximum atomic E-state index is 12.1. The van der Waals surface area contributed by atoms with Gasteiger partial charge in [-0.3, -0.25) is 4.79 Å². The summed E-state index contributed by atoms with van der Waals surface area (Å²) >= 11 is 0. The highest BCUT2D eigenvalue weighted by Gasteiger charge is 2.11. The van der Waals surface area contributed by atoms with Crippen LogP contribution in [0.4, 0.5) is 0 Å². The number of esters is 1. The maximum Gasteiger partial charge on any atom is 0.349 e. The van der Waals surface area contributed by atoms with Crippen LogP contribution in [0.3, 0.4) is 0 Å². The van der Waals surface area contributed by atoms with Gasteiger partial charge in [0.25, 0.3) is 5.91 Å². The van der Waals surface area contributed by atoms with Gasteiger partial charge in [-0.25, -0.2) is 4.79 Å². The molecule has 0 bridgehead atoms. The van der Waals surface area contributed by atoms with Crippen LogP contribution in [-0.4, -0.2) is 38.7 Å². The van der Waals surface area contributed by atoms with Crippen LogP contribution in [-0.2, 0) is 14.3 Å².